The minimum Gasteiger partial charge on any atom is -0.452 e. The van der Waals surface area contributed by atoms with Crippen molar-refractivity contribution in [3.05, 3.63) is 89.7 Å². The average molecular weight is 423 g/mol. The molecular formula is C26H21N3O3. The number of esters is 1. The number of fused-ring (bicyclic) bond motifs is 3. The standard InChI is InChI=1S/C26H21N3O3/c1-16-17(2)28-25(27-16)18-11-13-19(14-12-18)26(31)32-15-24(30)29-22-9-5-3-7-20(22)21-8-4-6-10-23(21)29/h3-14H,15H2,1-2H3,(H,27,28). The molecule has 0 amide bonds. The van der Waals surface area contributed by atoms with Gasteiger partial charge in [0.15, 0.2) is 6.61 Å². The van der Waals surface area contributed by atoms with Crippen LogP contribution in [0.3, 0.4) is 0 Å². The molecule has 0 spiro atoms. The number of nitrogens with one attached hydrogen (secondary N) is 1. The number of carbonyl (C=O) groups excluding carboxylic acids is 2. The van der Waals surface area contributed by atoms with Gasteiger partial charge < -0.3 is 9.72 Å². The molecule has 0 bridgehead atoms. The van der Waals surface area contributed by atoms with Gasteiger partial charge in [-0.2, -0.15) is 0 Å². The second-order valence-corrected chi connectivity index (χ2v) is 7.71. The molecule has 0 unspecified atom stereocenters. The quantitative estimate of drug-likeness (QED) is 0.398. The van der Waals surface area contributed by atoms with Crippen LogP contribution in [0.1, 0.15) is 26.5 Å². The van der Waals surface area contributed by atoms with E-state index in [4.69, 9.17) is 4.74 Å². The maximum atomic E-state index is 13.0. The number of hydrogen-bond acceptors (Lipinski definition) is 4. The van der Waals surface area contributed by atoms with Gasteiger partial charge in [-0.15, -0.1) is 0 Å². The van der Waals surface area contributed by atoms with E-state index in [-0.39, 0.29) is 12.5 Å². The van der Waals surface area contributed by atoms with Crippen LogP contribution in [0.15, 0.2) is 72.8 Å². The van der Waals surface area contributed by atoms with E-state index in [2.05, 4.69) is 9.97 Å². The van der Waals surface area contributed by atoms with Crippen LogP contribution in [-0.4, -0.2) is 33.0 Å². The van der Waals surface area contributed by atoms with E-state index in [1.807, 2.05) is 74.5 Å². The topological polar surface area (TPSA) is 77.0 Å². The van der Waals surface area contributed by atoms with Crippen LogP contribution in [0.2, 0.25) is 0 Å². The molecule has 0 fully saturated rings. The Hall–Kier alpha value is -4.19. The fourth-order valence-electron chi connectivity index (χ4n) is 3.91. The monoisotopic (exact) mass is 423 g/mol. The first kappa shape index (κ1) is 19.8. The summed E-state index contributed by atoms with van der Waals surface area (Å²) in [6, 6.07) is 22.4. The van der Waals surface area contributed by atoms with E-state index in [1.165, 1.54) is 0 Å². The molecule has 0 atom stereocenters. The Bertz CT molecular complexity index is 1400. The van der Waals surface area contributed by atoms with E-state index in [0.29, 0.717) is 5.56 Å². The van der Waals surface area contributed by atoms with Gasteiger partial charge in [0, 0.05) is 22.0 Å². The van der Waals surface area contributed by atoms with Crippen molar-refractivity contribution >= 4 is 33.7 Å². The van der Waals surface area contributed by atoms with Crippen molar-refractivity contribution in [3.8, 4) is 11.4 Å². The number of nitrogens with zero attached hydrogens (tertiary/aromatic N) is 2. The lowest BCUT2D eigenvalue weighted by atomic mass is 10.1. The zero-order valence-corrected chi connectivity index (χ0v) is 17.8. The Balaban J connectivity index is 1.35. The molecule has 5 aromatic rings. The smallest absolute Gasteiger partial charge is 0.338 e. The molecule has 6 heteroatoms. The van der Waals surface area contributed by atoms with Crippen LogP contribution >= 0.6 is 0 Å². The summed E-state index contributed by atoms with van der Waals surface area (Å²) in [5.41, 5.74) is 4.79. The van der Waals surface area contributed by atoms with E-state index in [1.54, 1.807) is 16.7 Å². The van der Waals surface area contributed by atoms with Crippen molar-refractivity contribution in [2.45, 2.75) is 13.8 Å². The third kappa shape index (κ3) is 3.36. The number of benzene rings is 3. The number of aromatic amines is 1. The van der Waals surface area contributed by atoms with Gasteiger partial charge in [0.05, 0.1) is 22.3 Å². The summed E-state index contributed by atoms with van der Waals surface area (Å²) in [5.74, 6) is -0.0900. The molecule has 2 aromatic heterocycles. The van der Waals surface area contributed by atoms with Gasteiger partial charge in [0.25, 0.3) is 5.91 Å². The van der Waals surface area contributed by atoms with Crippen molar-refractivity contribution in [2.75, 3.05) is 6.61 Å². The first-order chi connectivity index (χ1) is 15.5. The van der Waals surface area contributed by atoms with Crippen LogP contribution in [0, 0.1) is 13.8 Å². The lowest BCUT2D eigenvalue weighted by Gasteiger charge is -2.08. The fraction of sp³-hybridized carbons (Fsp3) is 0.115. The predicted octanol–water partition coefficient (Wildman–Crippen LogP) is 5.30. The molecule has 0 aliphatic carbocycles. The Morgan fingerprint density at radius 2 is 1.47 bits per heavy atom. The fourth-order valence-corrected chi connectivity index (χ4v) is 3.91. The zero-order chi connectivity index (χ0) is 22.2. The summed E-state index contributed by atoms with van der Waals surface area (Å²) in [4.78, 5) is 33.3. The summed E-state index contributed by atoms with van der Waals surface area (Å²) in [6.45, 7) is 3.56. The number of aromatic nitrogens is 3. The van der Waals surface area contributed by atoms with E-state index in [0.717, 1.165) is 44.6 Å². The third-order valence-corrected chi connectivity index (χ3v) is 5.68. The largest absolute Gasteiger partial charge is 0.452 e. The lowest BCUT2D eigenvalue weighted by Crippen LogP contribution is -2.20. The second-order valence-electron chi connectivity index (χ2n) is 7.71. The maximum Gasteiger partial charge on any atom is 0.338 e. The van der Waals surface area contributed by atoms with Gasteiger partial charge in [-0.1, -0.05) is 48.5 Å². The second kappa shape index (κ2) is 7.81. The van der Waals surface area contributed by atoms with Gasteiger partial charge in [-0.3, -0.25) is 9.36 Å². The summed E-state index contributed by atoms with van der Waals surface area (Å²) in [6.07, 6.45) is 0. The molecule has 32 heavy (non-hydrogen) atoms. The molecule has 0 saturated heterocycles. The number of imidazole rings is 1. The van der Waals surface area contributed by atoms with Crippen LogP contribution in [0.25, 0.3) is 33.2 Å². The maximum absolute atomic E-state index is 13.0. The average Bonchev–Trinajstić information content (AvgIpc) is 3.34. The van der Waals surface area contributed by atoms with E-state index >= 15 is 0 Å². The third-order valence-electron chi connectivity index (χ3n) is 5.68. The van der Waals surface area contributed by atoms with Crippen molar-refractivity contribution < 1.29 is 14.3 Å². The number of aryl methyl sites for hydroxylation is 2. The van der Waals surface area contributed by atoms with Crippen LogP contribution in [0.5, 0.6) is 0 Å². The molecule has 6 nitrogen and oxygen atoms in total. The minimum atomic E-state index is -0.544. The number of H-pyrrole nitrogens is 1. The zero-order valence-electron chi connectivity index (χ0n) is 17.8. The van der Waals surface area contributed by atoms with Crippen LogP contribution in [-0.2, 0) is 4.74 Å². The molecule has 3 aromatic carbocycles. The van der Waals surface area contributed by atoms with Gasteiger partial charge in [-0.05, 0) is 38.1 Å². The van der Waals surface area contributed by atoms with Gasteiger partial charge in [-0.25, -0.2) is 9.78 Å². The van der Waals surface area contributed by atoms with E-state index < -0.39 is 5.97 Å². The molecule has 2 heterocycles. The molecular weight excluding hydrogens is 402 g/mol. The SMILES string of the molecule is Cc1nc(-c2ccc(C(=O)OCC(=O)n3c4ccccc4c4ccccc43)cc2)[nH]c1C. The van der Waals surface area contributed by atoms with Gasteiger partial charge >= 0.3 is 5.97 Å². The molecule has 1 N–H and O–H groups in total. The predicted molar refractivity (Wildman–Crippen MR) is 124 cm³/mol. The highest BCUT2D eigenvalue weighted by atomic mass is 16.5. The minimum absolute atomic E-state index is 0.297. The highest BCUT2D eigenvalue weighted by Crippen LogP contribution is 2.28. The normalized spacial score (nSPS) is 11.2. The first-order valence-electron chi connectivity index (χ1n) is 10.3. The van der Waals surface area contributed by atoms with Crippen molar-refractivity contribution in [3.63, 3.8) is 0 Å². The van der Waals surface area contributed by atoms with Crippen molar-refractivity contribution in [1.82, 2.24) is 14.5 Å². The number of rotatable bonds is 4. The molecule has 0 aliphatic heterocycles. The molecule has 0 saturated carbocycles. The van der Waals surface area contributed by atoms with Crippen LogP contribution in [0.4, 0.5) is 0 Å². The lowest BCUT2D eigenvalue weighted by molar-refractivity contribution is 0.0452. The molecule has 0 radical (unpaired) electrons. The van der Waals surface area contributed by atoms with Crippen LogP contribution < -0.4 is 0 Å². The van der Waals surface area contributed by atoms with Crippen molar-refractivity contribution in [1.29, 1.82) is 0 Å². The Morgan fingerprint density at radius 3 is 2.03 bits per heavy atom. The summed E-state index contributed by atoms with van der Waals surface area (Å²) < 4.78 is 6.96. The highest BCUT2D eigenvalue weighted by Gasteiger charge is 2.18. The number of ether oxygens (including phenoxy) is 1. The number of carbonyl (C=O) groups is 2. The van der Waals surface area contributed by atoms with Gasteiger partial charge in [0.1, 0.15) is 5.82 Å². The molecule has 158 valence electrons. The Morgan fingerprint density at radius 1 is 0.875 bits per heavy atom. The highest BCUT2D eigenvalue weighted by molar-refractivity contribution is 6.13. The Labute approximate surface area is 184 Å². The first-order valence-corrected chi connectivity index (χ1v) is 10.3. The van der Waals surface area contributed by atoms with E-state index in [9.17, 15) is 9.59 Å². The summed E-state index contributed by atoms with van der Waals surface area (Å²) in [7, 11) is 0. The Kier molecular flexibility index (Phi) is 4.82. The summed E-state index contributed by atoms with van der Waals surface area (Å²) >= 11 is 0. The number of hydrogen-bond donors (Lipinski definition) is 1. The van der Waals surface area contributed by atoms with Crippen molar-refractivity contribution in [2.24, 2.45) is 0 Å². The van der Waals surface area contributed by atoms with Gasteiger partial charge in [0.2, 0.25) is 0 Å². The molecule has 5 rings (SSSR count). The summed E-state index contributed by atoms with van der Waals surface area (Å²) in [5, 5.41) is 1.98. The number of para-hydroxylation sites is 2. The molecule has 0 aliphatic rings.